The monoisotopic (exact) mass is 407 g/mol. The number of nitrogens with one attached hydrogen (secondary N) is 3. The van der Waals surface area contributed by atoms with Gasteiger partial charge in [0.15, 0.2) is 12.4 Å². The Morgan fingerprint density at radius 2 is 1.53 bits per heavy atom. The molecule has 0 atom stereocenters. The number of esters is 1. The van der Waals surface area contributed by atoms with Gasteiger partial charge in [0.05, 0.1) is 17.5 Å². The number of furan rings is 1. The van der Waals surface area contributed by atoms with Gasteiger partial charge in [-0.2, -0.15) is 0 Å². The lowest BCUT2D eigenvalue weighted by Crippen LogP contribution is -2.43. The Labute approximate surface area is 171 Å². The van der Waals surface area contributed by atoms with E-state index in [0.29, 0.717) is 5.56 Å². The van der Waals surface area contributed by atoms with E-state index in [-0.39, 0.29) is 17.0 Å². The molecule has 0 spiro atoms. The fourth-order valence-electron chi connectivity index (χ4n) is 2.39. The highest BCUT2D eigenvalue weighted by atomic mass is 16.5. The van der Waals surface area contributed by atoms with Crippen LogP contribution in [0.3, 0.4) is 0 Å². The van der Waals surface area contributed by atoms with Crippen LogP contribution in [0.5, 0.6) is 0 Å². The summed E-state index contributed by atoms with van der Waals surface area (Å²) in [6, 6.07) is 17.5. The Hall–Kier alpha value is -4.40. The molecule has 30 heavy (non-hydrogen) atoms. The van der Waals surface area contributed by atoms with Crippen molar-refractivity contribution in [1.82, 2.24) is 10.9 Å². The van der Waals surface area contributed by atoms with Crippen LogP contribution >= 0.6 is 0 Å². The topological polar surface area (TPSA) is 127 Å². The summed E-state index contributed by atoms with van der Waals surface area (Å²) >= 11 is 0. The zero-order valence-electron chi connectivity index (χ0n) is 15.6. The largest absolute Gasteiger partial charge is 0.459 e. The summed E-state index contributed by atoms with van der Waals surface area (Å²) in [6.45, 7) is -0.631. The van der Waals surface area contributed by atoms with Crippen molar-refractivity contribution >= 4 is 29.4 Å². The molecule has 0 saturated heterocycles. The summed E-state index contributed by atoms with van der Waals surface area (Å²) in [4.78, 5) is 48.2. The molecule has 0 fully saturated rings. The molecule has 0 unspecified atom stereocenters. The average Bonchev–Trinajstić information content (AvgIpc) is 3.32. The lowest BCUT2D eigenvalue weighted by Gasteiger charge is -2.11. The van der Waals surface area contributed by atoms with Crippen LogP contribution in [0.2, 0.25) is 0 Å². The van der Waals surface area contributed by atoms with Crippen molar-refractivity contribution in [2.24, 2.45) is 0 Å². The number of rotatable bonds is 6. The number of para-hydroxylation sites is 1. The van der Waals surface area contributed by atoms with Crippen LogP contribution in [-0.4, -0.2) is 30.3 Å². The zero-order valence-corrected chi connectivity index (χ0v) is 15.6. The molecule has 2 aromatic carbocycles. The van der Waals surface area contributed by atoms with Crippen LogP contribution in [0.4, 0.5) is 5.69 Å². The van der Waals surface area contributed by atoms with Crippen molar-refractivity contribution in [3.05, 3.63) is 89.9 Å². The van der Waals surface area contributed by atoms with Crippen LogP contribution in [0.25, 0.3) is 0 Å². The third-order valence-corrected chi connectivity index (χ3v) is 3.83. The molecule has 9 heteroatoms. The smallest absolute Gasteiger partial charge is 0.340 e. The average molecular weight is 407 g/mol. The third-order valence-electron chi connectivity index (χ3n) is 3.83. The van der Waals surface area contributed by atoms with Crippen LogP contribution in [-0.2, 0) is 9.53 Å². The Morgan fingerprint density at radius 1 is 0.800 bits per heavy atom. The molecular weight excluding hydrogens is 390 g/mol. The van der Waals surface area contributed by atoms with Gasteiger partial charge in [-0.25, -0.2) is 4.79 Å². The molecular formula is C21H17N3O6. The molecule has 9 nitrogen and oxygen atoms in total. The van der Waals surface area contributed by atoms with E-state index in [9.17, 15) is 19.2 Å². The molecule has 1 aromatic heterocycles. The Bertz CT molecular complexity index is 1050. The van der Waals surface area contributed by atoms with Gasteiger partial charge in [-0.3, -0.25) is 25.2 Å². The van der Waals surface area contributed by atoms with E-state index in [1.807, 2.05) is 0 Å². The van der Waals surface area contributed by atoms with E-state index in [2.05, 4.69) is 16.2 Å². The molecule has 3 aromatic rings. The van der Waals surface area contributed by atoms with Gasteiger partial charge in [-0.1, -0.05) is 30.3 Å². The lowest BCUT2D eigenvalue weighted by molar-refractivity contribution is -0.125. The van der Waals surface area contributed by atoms with Crippen molar-refractivity contribution in [3.8, 4) is 0 Å². The summed E-state index contributed by atoms with van der Waals surface area (Å²) in [5.74, 6) is -2.53. The molecule has 0 aliphatic heterocycles. The predicted octanol–water partition coefficient (Wildman–Crippen LogP) is 2.15. The van der Waals surface area contributed by atoms with E-state index >= 15 is 0 Å². The number of carbonyl (C=O) groups excluding carboxylic acids is 4. The second-order valence-electron chi connectivity index (χ2n) is 5.92. The zero-order chi connectivity index (χ0) is 21.3. The van der Waals surface area contributed by atoms with Gasteiger partial charge in [0.2, 0.25) is 0 Å². The molecule has 0 aliphatic carbocycles. The maximum absolute atomic E-state index is 12.3. The molecule has 3 amide bonds. The maximum atomic E-state index is 12.3. The SMILES string of the molecule is O=C(COC(=O)c1ccccc1NC(=O)c1ccco1)NNC(=O)c1ccccc1. The van der Waals surface area contributed by atoms with E-state index in [1.165, 1.54) is 24.5 Å². The van der Waals surface area contributed by atoms with Gasteiger partial charge in [0, 0.05) is 5.56 Å². The number of benzene rings is 2. The normalized spacial score (nSPS) is 10.0. The first-order chi connectivity index (χ1) is 14.5. The van der Waals surface area contributed by atoms with E-state index in [0.717, 1.165) is 0 Å². The van der Waals surface area contributed by atoms with E-state index < -0.39 is 30.3 Å². The summed E-state index contributed by atoms with van der Waals surface area (Å²) in [6.07, 6.45) is 1.35. The number of hydrogen-bond acceptors (Lipinski definition) is 6. The minimum absolute atomic E-state index is 0.0542. The highest BCUT2D eigenvalue weighted by Gasteiger charge is 2.17. The summed E-state index contributed by atoms with van der Waals surface area (Å²) in [5, 5.41) is 2.55. The van der Waals surface area contributed by atoms with E-state index in [1.54, 1.807) is 48.5 Å². The van der Waals surface area contributed by atoms with Crippen molar-refractivity contribution in [3.63, 3.8) is 0 Å². The second kappa shape index (κ2) is 9.69. The molecule has 0 radical (unpaired) electrons. The Kier molecular flexibility index (Phi) is 6.57. The predicted molar refractivity (Wildman–Crippen MR) is 105 cm³/mol. The fourth-order valence-corrected chi connectivity index (χ4v) is 2.39. The van der Waals surface area contributed by atoms with Gasteiger partial charge in [0.1, 0.15) is 0 Å². The molecule has 0 bridgehead atoms. The van der Waals surface area contributed by atoms with Crippen LogP contribution in [0, 0.1) is 0 Å². The van der Waals surface area contributed by atoms with Gasteiger partial charge in [0.25, 0.3) is 17.7 Å². The highest BCUT2D eigenvalue weighted by molar-refractivity contribution is 6.06. The molecule has 3 N–H and O–H groups in total. The van der Waals surface area contributed by atoms with Crippen molar-refractivity contribution in [2.75, 3.05) is 11.9 Å². The summed E-state index contributed by atoms with van der Waals surface area (Å²) in [5.41, 5.74) is 4.98. The maximum Gasteiger partial charge on any atom is 0.340 e. The summed E-state index contributed by atoms with van der Waals surface area (Å²) < 4.78 is 9.97. The van der Waals surface area contributed by atoms with Gasteiger partial charge < -0.3 is 14.5 Å². The Balaban J connectivity index is 1.53. The number of hydrogen-bond donors (Lipinski definition) is 3. The number of amides is 3. The van der Waals surface area contributed by atoms with Crippen molar-refractivity contribution < 1.29 is 28.3 Å². The first-order valence-corrected chi connectivity index (χ1v) is 8.80. The number of carbonyl (C=O) groups is 4. The van der Waals surface area contributed by atoms with Gasteiger partial charge in [-0.15, -0.1) is 0 Å². The van der Waals surface area contributed by atoms with Crippen LogP contribution in [0.1, 0.15) is 31.3 Å². The van der Waals surface area contributed by atoms with Crippen LogP contribution in [0.15, 0.2) is 77.4 Å². The standard InChI is InChI=1S/C21H17N3O6/c25-18(23-24-19(26)14-7-2-1-3-8-14)13-30-21(28)15-9-4-5-10-16(15)22-20(27)17-11-6-12-29-17/h1-12H,13H2,(H,22,27)(H,23,25)(H,24,26). The quantitative estimate of drug-likeness (QED) is 0.425. The van der Waals surface area contributed by atoms with Gasteiger partial charge in [-0.05, 0) is 36.4 Å². The van der Waals surface area contributed by atoms with Crippen molar-refractivity contribution in [1.29, 1.82) is 0 Å². The van der Waals surface area contributed by atoms with Crippen LogP contribution < -0.4 is 16.2 Å². The lowest BCUT2D eigenvalue weighted by atomic mass is 10.1. The second-order valence-corrected chi connectivity index (χ2v) is 5.92. The number of ether oxygens (including phenoxy) is 1. The first kappa shape index (κ1) is 20.3. The molecule has 152 valence electrons. The molecule has 0 aliphatic rings. The molecule has 1 heterocycles. The third kappa shape index (κ3) is 5.32. The number of anilines is 1. The van der Waals surface area contributed by atoms with Crippen molar-refractivity contribution in [2.45, 2.75) is 0 Å². The fraction of sp³-hybridized carbons (Fsp3) is 0.0476. The van der Waals surface area contributed by atoms with Gasteiger partial charge >= 0.3 is 5.97 Å². The first-order valence-electron chi connectivity index (χ1n) is 8.80. The molecule has 3 rings (SSSR count). The number of hydrazine groups is 1. The van der Waals surface area contributed by atoms with E-state index in [4.69, 9.17) is 9.15 Å². The summed E-state index contributed by atoms with van der Waals surface area (Å²) in [7, 11) is 0. The highest BCUT2D eigenvalue weighted by Crippen LogP contribution is 2.17. The minimum atomic E-state index is -0.824. The molecule has 0 saturated carbocycles. The Morgan fingerprint density at radius 3 is 2.27 bits per heavy atom. The minimum Gasteiger partial charge on any atom is -0.459 e.